The number of nitrogens with zero attached hydrogens (tertiary/aromatic N) is 2. The van der Waals surface area contributed by atoms with Crippen LogP contribution in [-0.4, -0.2) is 22.7 Å². The van der Waals surface area contributed by atoms with Crippen LogP contribution in [0.3, 0.4) is 0 Å². The van der Waals surface area contributed by atoms with Crippen LogP contribution in [0.25, 0.3) is 22.8 Å². The third-order valence-corrected chi connectivity index (χ3v) is 4.88. The van der Waals surface area contributed by atoms with Gasteiger partial charge >= 0.3 is 0 Å². The molecule has 0 saturated carbocycles. The highest BCUT2D eigenvalue weighted by Gasteiger charge is 2.12. The van der Waals surface area contributed by atoms with Crippen LogP contribution in [0.1, 0.15) is 24.1 Å². The fourth-order valence-electron chi connectivity index (χ4n) is 3.11. The van der Waals surface area contributed by atoms with Gasteiger partial charge in [0.05, 0.1) is 6.04 Å². The molecule has 0 saturated heterocycles. The van der Waals surface area contributed by atoms with Crippen molar-refractivity contribution in [1.29, 1.82) is 0 Å². The van der Waals surface area contributed by atoms with Crippen LogP contribution >= 0.6 is 0 Å². The molecular weight excluding hydrogens is 390 g/mol. The minimum absolute atomic E-state index is 0.0609. The van der Waals surface area contributed by atoms with E-state index in [9.17, 15) is 4.79 Å². The van der Waals surface area contributed by atoms with Crippen LogP contribution in [0.4, 0.5) is 0 Å². The summed E-state index contributed by atoms with van der Waals surface area (Å²) < 4.78 is 11.0. The van der Waals surface area contributed by atoms with Crippen molar-refractivity contribution in [2.24, 2.45) is 0 Å². The zero-order chi connectivity index (χ0) is 21.6. The Bertz CT molecular complexity index is 1140. The van der Waals surface area contributed by atoms with Gasteiger partial charge in [-0.15, -0.1) is 0 Å². The molecule has 156 valence electrons. The minimum atomic E-state index is -0.180. The molecule has 1 atom stereocenters. The summed E-state index contributed by atoms with van der Waals surface area (Å²) >= 11 is 0. The Hall–Kier alpha value is -3.93. The maximum Gasteiger partial charge on any atom is 0.258 e. The second-order valence-electron chi connectivity index (χ2n) is 7.30. The molecule has 0 aliphatic rings. The number of hydrogen-bond donors (Lipinski definition) is 1. The Morgan fingerprint density at radius 1 is 0.968 bits per heavy atom. The number of ether oxygens (including phenoxy) is 1. The molecule has 1 aromatic heterocycles. The molecule has 0 radical (unpaired) electrons. The largest absolute Gasteiger partial charge is 0.484 e. The quantitative estimate of drug-likeness (QED) is 0.463. The van der Waals surface area contributed by atoms with E-state index in [1.54, 1.807) is 12.1 Å². The van der Waals surface area contributed by atoms with Gasteiger partial charge in [-0.3, -0.25) is 4.79 Å². The first-order valence-corrected chi connectivity index (χ1v) is 10.1. The van der Waals surface area contributed by atoms with E-state index in [0.29, 0.717) is 17.5 Å². The van der Waals surface area contributed by atoms with E-state index in [2.05, 4.69) is 15.5 Å². The number of aryl methyl sites for hydroxylation is 1. The van der Waals surface area contributed by atoms with Gasteiger partial charge in [-0.05, 0) is 43.7 Å². The van der Waals surface area contributed by atoms with Gasteiger partial charge in [-0.1, -0.05) is 65.3 Å². The van der Waals surface area contributed by atoms with Gasteiger partial charge in [0.1, 0.15) is 5.75 Å². The maximum absolute atomic E-state index is 12.2. The summed E-state index contributed by atoms with van der Waals surface area (Å²) in [5.41, 5.74) is 3.90. The van der Waals surface area contributed by atoms with Crippen LogP contribution in [0, 0.1) is 6.92 Å². The fourth-order valence-corrected chi connectivity index (χ4v) is 3.11. The zero-order valence-corrected chi connectivity index (χ0v) is 17.4. The predicted molar refractivity (Wildman–Crippen MR) is 118 cm³/mol. The van der Waals surface area contributed by atoms with Gasteiger partial charge in [0.25, 0.3) is 11.8 Å². The van der Waals surface area contributed by atoms with E-state index < -0.39 is 0 Å². The molecule has 0 fully saturated rings. The number of amides is 1. The molecule has 0 aliphatic carbocycles. The van der Waals surface area contributed by atoms with Crippen molar-refractivity contribution in [1.82, 2.24) is 15.5 Å². The van der Waals surface area contributed by atoms with Crippen LogP contribution < -0.4 is 10.1 Å². The Morgan fingerprint density at radius 3 is 2.35 bits per heavy atom. The molecule has 1 unspecified atom stereocenters. The molecule has 3 aromatic carbocycles. The summed E-state index contributed by atoms with van der Waals surface area (Å²) in [6, 6.07) is 24.9. The first-order chi connectivity index (χ1) is 15.1. The number of aromatic nitrogens is 2. The Balaban J connectivity index is 1.33. The summed E-state index contributed by atoms with van der Waals surface area (Å²) in [5.74, 6) is 1.38. The number of hydrogen-bond acceptors (Lipinski definition) is 5. The molecule has 31 heavy (non-hydrogen) atoms. The van der Waals surface area contributed by atoms with Crippen molar-refractivity contribution in [3.8, 4) is 28.6 Å². The summed E-state index contributed by atoms with van der Waals surface area (Å²) in [7, 11) is 0. The summed E-state index contributed by atoms with van der Waals surface area (Å²) in [6.45, 7) is 3.91. The van der Waals surface area contributed by atoms with E-state index in [1.165, 1.54) is 5.56 Å². The first kappa shape index (κ1) is 20.3. The molecule has 1 amide bonds. The van der Waals surface area contributed by atoms with Gasteiger partial charge in [-0.2, -0.15) is 4.98 Å². The topological polar surface area (TPSA) is 77.2 Å². The second kappa shape index (κ2) is 9.26. The second-order valence-corrected chi connectivity index (χ2v) is 7.30. The van der Waals surface area contributed by atoms with E-state index in [0.717, 1.165) is 16.7 Å². The highest BCUT2D eigenvalue weighted by molar-refractivity contribution is 5.78. The summed E-state index contributed by atoms with van der Waals surface area (Å²) in [6.07, 6.45) is 0. The standard InChI is InChI=1S/C25H23N3O3/c1-17-8-10-20(11-9-17)24-27-25(31-28-24)21-12-14-22(15-13-21)30-16-23(29)26-18(2)19-6-4-3-5-7-19/h3-15,18H,16H2,1-2H3,(H,26,29). The highest BCUT2D eigenvalue weighted by Crippen LogP contribution is 2.24. The van der Waals surface area contributed by atoms with Crippen LogP contribution in [0.15, 0.2) is 83.4 Å². The molecule has 6 nitrogen and oxygen atoms in total. The SMILES string of the molecule is Cc1ccc(-c2noc(-c3ccc(OCC(=O)NC(C)c4ccccc4)cc3)n2)cc1. The lowest BCUT2D eigenvalue weighted by Crippen LogP contribution is -2.31. The monoisotopic (exact) mass is 413 g/mol. The lowest BCUT2D eigenvalue weighted by molar-refractivity contribution is -0.123. The molecule has 1 heterocycles. The molecule has 0 spiro atoms. The molecule has 0 bridgehead atoms. The average Bonchev–Trinajstić information content (AvgIpc) is 3.29. The predicted octanol–water partition coefficient (Wildman–Crippen LogP) is 4.97. The van der Waals surface area contributed by atoms with Gasteiger partial charge in [0.15, 0.2) is 6.61 Å². The average molecular weight is 413 g/mol. The zero-order valence-electron chi connectivity index (χ0n) is 17.4. The van der Waals surface area contributed by atoms with Gasteiger partial charge < -0.3 is 14.6 Å². The maximum atomic E-state index is 12.2. The number of carbonyl (C=O) groups excluding carboxylic acids is 1. The van der Waals surface area contributed by atoms with E-state index in [-0.39, 0.29) is 18.6 Å². The molecule has 4 aromatic rings. The number of carbonyl (C=O) groups is 1. The van der Waals surface area contributed by atoms with Crippen LogP contribution in [0.5, 0.6) is 5.75 Å². The number of rotatable bonds is 7. The lowest BCUT2D eigenvalue weighted by atomic mass is 10.1. The first-order valence-electron chi connectivity index (χ1n) is 10.1. The van der Waals surface area contributed by atoms with E-state index in [4.69, 9.17) is 9.26 Å². The van der Waals surface area contributed by atoms with Crippen molar-refractivity contribution in [2.45, 2.75) is 19.9 Å². The van der Waals surface area contributed by atoms with Crippen molar-refractivity contribution in [3.63, 3.8) is 0 Å². The van der Waals surface area contributed by atoms with Crippen molar-refractivity contribution < 1.29 is 14.1 Å². The molecule has 6 heteroatoms. The molecule has 1 N–H and O–H groups in total. The molecular formula is C25H23N3O3. The van der Waals surface area contributed by atoms with Crippen molar-refractivity contribution in [2.75, 3.05) is 6.61 Å². The van der Waals surface area contributed by atoms with E-state index >= 15 is 0 Å². The Labute approximate surface area is 180 Å². The third kappa shape index (κ3) is 5.17. The van der Waals surface area contributed by atoms with Crippen LogP contribution in [-0.2, 0) is 4.79 Å². The fraction of sp³-hybridized carbons (Fsp3) is 0.160. The Kier molecular flexibility index (Phi) is 6.08. The van der Waals surface area contributed by atoms with Gasteiger partial charge in [0.2, 0.25) is 5.82 Å². The highest BCUT2D eigenvalue weighted by atomic mass is 16.5. The van der Waals surface area contributed by atoms with Crippen molar-refractivity contribution in [3.05, 3.63) is 90.0 Å². The molecule has 4 rings (SSSR count). The number of nitrogens with one attached hydrogen (secondary N) is 1. The van der Waals surface area contributed by atoms with Gasteiger partial charge in [-0.25, -0.2) is 0 Å². The van der Waals surface area contributed by atoms with E-state index in [1.807, 2.05) is 80.6 Å². The molecule has 0 aliphatic heterocycles. The van der Waals surface area contributed by atoms with Crippen molar-refractivity contribution >= 4 is 5.91 Å². The lowest BCUT2D eigenvalue weighted by Gasteiger charge is -2.14. The van der Waals surface area contributed by atoms with Gasteiger partial charge in [0, 0.05) is 11.1 Å². The summed E-state index contributed by atoms with van der Waals surface area (Å²) in [5, 5.41) is 6.98. The minimum Gasteiger partial charge on any atom is -0.484 e. The normalized spacial score (nSPS) is 11.7. The third-order valence-electron chi connectivity index (χ3n) is 4.88. The smallest absolute Gasteiger partial charge is 0.258 e. The van der Waals surface area contributed by atoms with Crippen LogP contribution in [0.2, 0.25) is 0 Å². The Morgan fingerprint density at radius 2 is 1.65 bits per heavy atom. The number of benzene rings is 3. The summed E-state index contributed by atoms with van der Waals surface area (Å²) in [4.78, 5) is 16.6.